The van der Waals surface area contributed by atoms with E-state index in [0.29, 0.717) is 5.92 Å². The van der Waals surface area contributed by atoms with Gasteiger partial charge in [-0.1, -0.05) is 26.7 Å². The Labute approximate surface area is 101 Å². The molecule has 0 saturated heterocycles. The van der Waals surface area contributed by atoms with Crippen LogP contribution < -0.4 is 0 Å². The monoisotopic (exact) mass is 241 g/mol. The summed E-state index contributed by atoms with van der Waals surface area (Å²) < 4.78 is 0. The van der Waals surface area contributed by atoms with Crippen LogP contribution in [-0.4, -0.2) is 10.2 Å². The van der Waals surface area contributed by atoms with Crippen LogP contribution in [0.3, 0.4) is 0 Å². The first-order chi connectivity index (χ1) is 7.25. The molecular weight excluding hydrogens is 222 g/mol. The number of thiazole rings is 1. The lowest BCUT2D eigenvalue weighted by Gasteiger charge is -2.06. The first kappa shape index (κ1) is 11.5. The maximum absolute atomic E-state index is 4.67. The fourth-order valence-electron chi connectivity index (χ4n) is 1.90. The fraction of sp³-hybridized carbons (Fsp3) is 0.750. The molecule has 0 amide bonds. The molecule has 3 heteroatoms. The van der Waals surface area contributed by atoms with Gasteiger partial charge in [-0.3, -0.25) is 0 Å². The first-order valence-corrected chi connectivity index (χ1v) is 7.74. The van der Waals surface area contributed by atoms with Crippen LogP contribution in [-0.2, 0) is 5.75 Å². The Morgan fingerprint density at radius 3 is 2.80 bits per heavy atom. The van der Waals surface area contributed by atoms with Gasteiger partial charge in [0.05, 0.1) is 5.69 Å². The van der Waals surface area contributed by atoms with E-state index < -0.39 is 0 Å². The summed E-state index contributed by atoms with van der Waals surface area (Å²) in [7, 11) is 0. The summed E-state index contributed by atoms with van der Waals surface area (Å²) in [5, 5.41) is 4.45. The summed E-state index contributed by atoms with van der Waals surface area (Å²) in [6.07, 6.45) is 5.72. The molecule has 1 aliphatic rings. The van der Waals surface area contributed by atoms with Gasteiger partial charge in [0.1, 0.15) is 5.01 Å². The van der Waals surface area contributed by atoms with Crippen molar-refractivity contribution in [3.05, 3.63) is 16.1 Å². The third kappa shape index (κ3) is 3.22. The highest BCUT2D eigenvalue weighted by Gasteiger charge is 2.16. The van der Waals surface area contributed by atoms with Crippen molar-refractivity contribution in [2.75, 3.05) is 0 Å². The minimum absolute atomic E-state index is 0.575. The zero-order valence-corrected chi connectivity index (χ0v) is 11.2. The number of hydrogen-bond acceptors (Lipinski definition) is 3. The van der Waals surface area contributed by atoms with Crippen LogP contribution in [0.1, 0.15) is 56.2 Å². The first-order valence-electron chi connectivity index (χ1n) is 5.81. The van der Waals surface area contributed by atoms with E-state index >= 15 is 0 Å². The Bertz CT molecular complexity index is 300. The summed E-state index contributed by atoms with van der Waals surface area (Å²) in [6.45, 7) is 4.42. The lowest BCUT2D eigenvalue weighted by molar-refractivity contribution is 0.827. The number of hydrogen-bond donors (Lipinski definition) is 0. The molecule has 1 aromatic rings. The molecule has 15 heavy (non-hydrogen) atoms. The minimum Gasteiger partial charge on any atom is -0.245 e. The molecule has 1 saturated carbocycles. The lowest BCUT2D eigenvalue weighted by Crippen LogP contribution is -1.95. The zero-order valence-electron chi connectivity index (χ0n) is 9.53. The second kappa shape index (κ2) is 5.35. The Balaban J connectivity index is 1.82. The molecule has 1 nitrogen and oxygen atoms in total. The molecular formula is C12H19NS2. The SMILES string of the molecule is CC(C)c1csc(CSC2CCCC2)n1. The molecule has 0 unspecified atom stereocenters. The predicted molar refractivity (Wildman–Crippen MR) is 69.8 cm³/mol. The van der Waals surface area contributed by atoms with E-state index in [1.54, 1.807) is 0 Å². The normalized spacial score (nSPS) is 17.8. The highest BCUT2D eigenvalue weighted by atomic mass is 32.2. The highest BCUT2D eigenvalue weighted by molar-refractivity contribution is 7.99. The van der Waals surface area contributed by atoms with Crippen molar-refractivity contribution in [2.24, 2.45) is 0 Å². The van der Waals surface area contributed by atoms with Crippen molar-refractivity contribution in [3.63, 3.8) is 0 Å². The van der Waals surface area contributed by atoms with E-state index in [2.05, 4.69) is 36.0 Å². The van der Waals surface area contributed by atoms with Gasteiger partial charge < -0.3 is 0 Å². The van der Waals surface area contributed by atoms with Gasteiger partial charge in [-0.25, -0.2) is 4.98 Å². The third-order valence-electron chi connectivity index (χ3n) is 2.91. The molecule has 84 valence electrons. The van der Waals surface area contributed by atoms with Crippen LogP contribution in [0.4, 0.5) is 0 Å². The number of rotatable bonds is 4. The lowest BCUT2D eigenvalue weighted by atomic mass is 10.2. The molecule has 2 rings (SSSR count). The Morgan fingerprint density at radius 2 is 2.20 bits per heavy atom. The maximum atomic E-state index is 4.67. The average molecular weight is 241 g/mol. The second-order valence-corrected chi connectivity index (χ2v) is 6.77. The van der Waals surface area contributed by atoms with E-state index in [4.69, 9.17) is 0 Å². The standard InChI is InChI=1S/C12H19NS2/c1-9(2)11-7-15-12(13-11)8-14-10-5-3-4-6-10/h7,9-10H,3-6,8H2,1-2H3. The van der Waals surface area contributed by atoms with Crippen molar-refractivity contribution in [3.8, 4) is 0 Å². The van der Waals surface area contributed by atoms with E-state index in [1.165, 1.54) is 36.4 Å². The summed E-state index contributed by atoms with van der Waals surface area (Å²) in [5.41, 5.74) is 1.27. The molecule has 0 radical (unpaired) electrons. The number of nitrogens with zero attached hydrogens (tertiary/aromatic N) is 1. The largest absolute Gasteiger partial charge is 0.245 e. The van der Waals surface area contributed by atoms with Crippen LogP contribution in [0.25, 0.3) is 0 Å². The van der Waals surface area contributed by atoms with Gasteiger partial charge in [0.2, 0.25) is 0 Å². The van der Waals surface area contributed by atoms with Crippen LogP contribution in [0.5, 0.6) is 0 Å². The van der Waals surface area contributed by atoms with Crippen molar-refractivity contribution in [2.45, 2.75) is 56.5 Å². The molecule has 0 atom stereocenters. The molecule has 1 aliphatic carbocycles. The smallest absolute Gasteiger partial charge is 0.103 e. The summed E-state index contributed by atoms with van der Waals surface area (Å²) in [4.78, 5) is 4.67. The molecule has 1 fully saturated rings. The Kier molecular flexibility index (Phi) is 4.09. The summed E-state index contributed by atoms with van der Waals surface area (Å²) in [6, 6.07) is 0. The van der Waals surface area contributed by atoms with Crippen molar-refractivity contribution < 1.29 is 0 Å². The van der Waals surface area contributed by atoms with E-state index in [0.717, 1.165) is 11.0 Å². The van der Waals surface area contributed by atoms with Gasteiger partial charge in [-0.15, -0.1) is 11.3 Å². The molecule has 1 aromatic heterocycles. The third-order valence-corrected chi connectivity index (χ3v) is 5.34. The van der Waals surface area contributed by atoms with E-state index in [-0.39, 0.29) is 0 Å². The number of aromatic nitrogens is 1. The van der Waals surface area contributed by atoms with Gasteiger partial charge in [0.25, 0.3) is 0 Å². The Morgan fingerprint density at radius 1 is 1.47 bits per heavy atom. The quantitative estimate of drug-likeness (QED) is 0.773. The van der Waals surface area contributed by atoms with Gasteiger partial charge in [0, 0.05) is 16.4 Å². The van der Waals surface area contributed by atoms with Gasteiger partial charge in [-0.2, -0.15) is 11.8 Å². The van der Waals surface area contributed by atoms with Crippen LogP contribution in [0.15, 0.2) is 5.38 Å². The molecule has 1 heterocycles. The molecule has 0 N–H and O–H groups in total. The average Bonchev–Trinajstić information content (AvgIpc) is 2.86. The fourth-order valence-corrected chi connectivity index (χ4v) is 4.23. The number of thioether (sulfide) groups is 1. The van der Waals surface area contributed by atoms with E-state index in [1.807, 2.05) is 11.3 Å². The van der Waals surface area contributed by atoms with Crippen LogP contribution >= 0.6 is 23.1 Å². The maximum Gasteiger partial charge on any atom is 0.103 e. The minimum atomic E-state index is 0.575. The molecule has 0 spiro atoms. The van der Waals surface area contributed by atoms with Crippen molar-refractivity contribution in [1.29, 1.82) is 0 Å². The molecule has 0 aliphatic heterocycles. The van der Waals surface area contributed by atoms with Gasteiger partial charge in [0.15, 0.2) is 0 Å². The molecule has 0 aromatic carbocycles. The van der Waals surface area contributed by atoms with Crippen molar-refractivity contribution >= 4 is 23.1 Å². The summed E-state index contributed by atoms with van der Waals surface area (Å²) in [5.74, 6) is 1.70. The summed E-state index contributed by atoms with van der Waals surface area (Å²) >= 11 is 3.94. The zero-order chi connectivity index (χ0) is 10.7. The van der Waals surface area contributed by atoms with Crippen molar-refractivity contribution in [1.82, 2.24) is 4.98 Å². The molecule has 0 bridgehead atoms. The van der Waals surface area contributed by atoms with E-state index in [9.17, 15) is 0 Å². The second-order valence-electron chi connectivity index (χ2n) is 4.54. The Hall–Kier alpha value is -0.0200. The van der Waals surface area contributed by atoms with Gasteiger partial charge in [-0.05, 0) is 18.8 Å². The van der Waals surface area contributed by atoms with Gasteiger partial charge >= 0.3 is 0 Å². The highest BCUT2D eigenvalue weighted by Crippen LogP contribution is 2.32. The van der Waals surface area contributed by atoms with Crippen LogP contribution in [0, 0.1) is 0 Å². The van der Waals surface area contributed by atoms with Crippen LogP contribution in [0.2, 0.25) is 0 Å². The predicted octanol–water partition coefficient (Wildman–Crippen LogP) is 4.44. The topological polar surface area (TPSA) is 12.9 Å².